The molecule has 1 fully saturated rings. The molecule has 0 aliphatic heterocycles. The first-order chi connectivity index (χ1) is 9.78. The van der Waals surface area contributed by atoms with Gasteiger partial charge in [-0.05, 0) is 37.2 Å². The van der Waals surface area contributed by atoms with Gasteiger partial charge in [-0.3, -0.25) is 0 Å². The molecule has 2 N–H and O–H groups in total. The first-order valence-electron chi connectivity index (χ1n) is 7.27. The molecule has 5 heteroatoms. The number of hydrogen-bond donors (Lipinski definition) is 2. The molecular weight excluding hydrogens is 276 g/mol. The zero-order valence-corrected chi connectivity index (χ0v) is 12.4. The number of nitrogens with one attached hydrogen (secondary N) is 1. The summed E-state index contributed by atoms with van der Waals surface area (Å²) in [4.78, 5) is 10.9. The Morgan fingerprint density at radius 3 is 2.62 bits per heavy atom. The van der Waals surface area contributed by atoms with E-state index in [2.05, 4.69) is 19.2 Å². The Labute approximate surface area is 123 Å². The van der Waals surface area contributed by atoms with Crippen LogP contribution in [0.3, 0.4) is 0 Å². The third kappa shape index (κ3) is 3.93. The number of halogens is 2. The van der Waals surface area contributed by atoms with Crippen LogP contribution in [0, 0.1) is 17.0 Å². The predicted molar refractivity (Wildman–Crippen MR) is 77.6 cm³/mol. The highest BCUT2D eigenvalue weighted by molar-refractivity contribution is 5.89. The Morgan fingerprint density at radius 2 is 1.95 bits per heavy atom. The van der Waals surface area contributed by atoms with Gasteiger partial charge in [0.05, 0.1) is 11.3 Å². The average molecular weight is 297 g/mol. The lowest BCUT2D eigenvalue weighted by Gasteiger charge is -2.22. The van der Waals surface area contributed by atoms with E-state index in [1.807, 2.05) is 0 Å². The van der Waals surface area contributed by atoms with Crippen molar-refractivity contribution in [3.8, 4) is 0 Å². The van der Waals surface area contributed by atoms with E-state index in [0.29, 0.717) is 6.07 Å². The van der Waals surface area contributed by atoms with Crippen molar-refractivity contribution in [1.82, 2.24) is 0 Å². The van der Waals surface area contributed by atoms with Crippen LogP contribution in [0.25, 0.3) is 0 Å². The number of carbonyl (C=O) groups is 1. The summed E-state index contributed by atoms with van der Waals surface area (Å²) in [5.74, 6) is -3.19. The standard InChI is InChI=1S/C16H21F2NO2/c1-16(2)6-3-4-10(5-7-16)19-14-8-11(15(20)21)12(17)9-13(14)18/h8-10,19H,3-7H2,1-2H3,(H,20,21). The molecule has 21 heavy (non-hydrogen) atoms. The first-order valence-corrected chi connectivity index (χ1v) is 7.27. The van der Waals surface area contributed by atoms with Crippen molar-refractivity contribution in [2.75, 3.05) is 5.32 Å². The molecule has 116 valence electrons. The number of anilines is 1. The number of benzene rings is 1. The molecule has 1 unspecified atom stereocenters. The predicted octanol–water partition coefficient (Wildman–Crippen LogP) is 4.43. The Kier molecular flexibility index (Phi) is 4.49. The molecule has 2 rings (SSSR count). The largest absolute Gasteiger partial charge is 0.478 e. The minimum absolute atomic E-state index is 0.0681. The lowest BCUT2D eigenvalue weighted by Crippen LogP contribution is -2.20. The van der Waals surface area contributed by atoms with Crippen LogP contribution in [0.1, 0.15) is 56.3 Å². The maximum atomic E-state index is 13.8. The number of carboxylic acids is 1. The van der Waals surface area contributed by atoms with E-state index in [9.17, 15) is 13.6 Å². The zero-order valence-electron chi connectivity index (χ0n) is 12.4. The van der Waals surface area contributed by atoms with E-state index in [0.717, 1.165) is 38.2 Å². The Hall–Kier alpha value is -1.65. The molecule has 0 spiro atoms. The number of carboxylic acid groups (broad SMARTS) is 1. The van der Waals surface area contributed by atoms with Crippen molar-refractivity contribution in [3.63, 3.8) is 0 Å². The van der Waals surface area contributed by atoms with Gasteiger partial charge < -0.3 is 10.4 Å². The molecular formula is C16H21F2NO2. The third-order valence-corrected chi connectivity index (χ3v) is 4.22. The van der Waals surface area contributed by atoms with Crippen molar-refractivity contribution < 1.29 is 18.7 Å². The molecule has 0 bridgehead atoms. The maximum absolute atomic E-state index is 13.8. The molecule has 0 saturated heterocycles. The van der Waals surface area contributed by atoms with E-state index in [1.54, 1.807) is 0 Å². The second kappa shape index (κ2) is 6.00. The second-order valence-electron chi connectivity index (χ2n) is 6.55. The summed E-state index contributed by atoms with van der Waals surface area (Å²) in [6, 6.07) is 1.77. The summed E-state index contributed by atoms with van der Waals surface area (Å²) in [6.45, 7) is 4.44. The van der Waals surface area contributed by atoms with Gasteiger partial charge in [0.15, 0.2) is 0 Å². The molecule has 0 radical (unpaired) electrons. The summed E-state index contributed by atoms with van der Waals surface area (Å²) in [5.41, 5.74) is -0.157. The van der Waals surface area contributed by atoms with Crippen LogP contribution in [0.4, 0.5) is 14.5 Å². The highest BCUT2D eigenvalue weighted by Crippen LogP contribution is 2.35. The van der Waals surface area contributed by atoms with Crippen molar-refractivity contribution in [1.29, 1.82) is 0 Å². The summed E-state index contributed by atoms with van der Waals surface area (Å²) < 4.78 is 27.2. The van der Waals surface area contributed by atoms with Crippen LogP contribution in [-0.4, -0.2) is 17.1 Å². The van der Waals surface area contributed by atoms with Gasteiger partial charge in [0.2, 0.25) is 0 Å². The first kappa shape index (κ1) is 15.7. The third-order valence-electron chi connectivity index (χ3n) is 4.22. The monoisotopic (exact) mass is 297 g/mol. The van der Waals surface area contributed by atoms with Crippen LogP contribution in [0.15, 0.2) is 12.1 Å². The maximum Gasteiger partial charge on any atom is 0.338 e. The minimum Gasteiger partial charge on any atom is -0.478 e. The fraction of sp³-hybridized carbons (Fsp3) is 0.562. The molecule has 1 atom stereocenters. The van der Waals surface area contributed by atoms with Crippen LogP contribution >= 0.6 is 0 Å². The van der Waals surface area contributed by atoms with Gasteiger partial charge in [-0.2, -0.15) is 0 Å². The summed E-state index contributed by atoms with van der Waals surface area (Å²) in [5, 5.41) is 12.0. The van der Waals surface area contributed by atoms with Crippen LogP contribution in [0.5, 0.6) is 0 Å². The fourth-order valence-corrected chi connectivity index (χ4v) is 2.85. The summed E-state index contributed by atoms with van der Waals surface area (Å²) >= 11 is 0. The molecule has 0 heterocycles. The fourth-order valence-electron chi connectivity index (χ4n) is 2.85. The van der Waals surface area contributed by atoms with Gasteiger partial charge in [-0.15, -0.1) is 0 Å². The molecule has 3 nitrogen and oxygen atoms in total. The number of rotatable bonds is 3. The minimum atomic E-state index is -1.39. The molecule has 1 aromatic carbocycles. The van der Waals surface area contributed by atoms with Crippen molar-refractivity contribution >= 4 is 11.7 Å². The van der Waals surface area contributed by atoms with Gasteiger partial charge in [-0.25, -0.2) is 13.6 Å². The van der Waals surface area contributed by atoms with Gasteiger partial charge in [0.25, 0.3) is 0 Å². The molecule has 1 aromatic rings. The molecule has 1 aliphatic carbocycles. The van der Waals surface area contributed by atoms with Gasteiger partial charge in [0, 0.05) is 12.1 Å². The van der Waals surface area contributed by atoms with Gasteiger partial charge >= 0.3 is 5.97 Å². The Morgan fingerprint density at radius 1 is 1.24 bits per heavy atom. The van der Waals surface area contributed by atoms with E-state index >= 15 is 0 Å². The molecule has 1 aliphatic rings. The van der Waals surface area contributed by atoms with E-state index in [1.165, 1.54) is 0 Å². The zero-order chi connectivity index (χ0) is 15.6. The van der Waals surface area contributed by atoms with E-state index < -0.39 is 23.2 Å². The smallest absolute Gasteiger partial charge is 0.338 e. The second-order valence-corrected chi connectivity index (χ2v) is 6.55. The van der Waals surface area contributed by atoms with Crippen molar-refractivity contribution in [2.45, 2.75) is 52.0 Å². The number of hydrogen-bond acceptors (Lipinski definition) is 2. The van der Waals surface area contributed by atoms with E-state index in [-0.39, 0.29) is 17.1 Å². The number of aromatic carboxylic acids is 1. The Balaban J connectivity index is 2.16. The summed E-state index contributed by atoms with van der Waals surface area (Å²) in [6.07, 6.45) is 4.99. The van der Waals surface area contributed by atoms with Gasteiger partial charge in [0.1, 0.15) is 11.6 Å². The van der Waals surface area contributed by atoms with Crippen molar-refractivity contribution in [3.05, 3.63) is 29.3 Å². The normalized spacial score (nSPS) is 21.6. The molecule has 0 amide bonds. The molecule has 0 aromatic heterocycles. The van der Waals surface area contributed by atoms with Crippen LogP contribution < -0.4 is 5.32 Å². The lowest BCUT2D eigenvalue weighted by molar-refractivity contribution is 0.0692. The summed E-state index contributed by atoms with van der Waals surface area (Å²) in [7, 11) is 0. The Bertz CT molecular complexity index is 543. The highest BCUT2D eigenvalue weighted by Gasteiger charge is 2.25. The topological polar surface area (TPSA) is 49.3 Å². The quantitative estimate of drug-likeness (QED) is 0.811. The lowest BCUT2D eigenvalue weighted by atomic mass is 9.85. The SMILES string of the molecule is CC1(C)CCCC(Nc2cc(C(=O)O)c(F)cc2F)CC1. The van der Waals surface area contributed by atoms with E-state index in [4.69, 9.17) is 5.11 Å². The van der Waals surface area contributed by atoms with Crippen molar-refractivity contribution in [2.24, 2.45) is 5.41 Å². The average Bonchev–Trinajstić information content (AvgIpc) is 2.53. The molecule has 1 saturated carbocycles. The van der Waals surface area contributed by atoms with Gasteiger partial charge in [-0.1, -0.05) is 20.3 Å². The van der Waals surface area contributed by atoms with Crippen LogP contribution in [0.2, 0.25) is 0 Å². The van der Waals surface area contributed by atoms with Crippen LogP contribution in [-0.2, 0) is 0 Å². The highest BCUT2D eigenvalue weighted by atomic mass is 19.1.